The minimum atomic E-state index is -0.588. The Kier molecular flexibility index (Phi) is 6.03. The van der Waals surface area contributed by atoms with Crippen LogP contribution in [0.5, 0.6) is 0 Å². The van der Waals surface area contributed by atoms with Crippen molar-refractivity contribution in [1.82, 2.24) is 19.6 Å². The summed E-state index contributed by atoms with van der Waals surface area (Å²) in [5, 5.41) is 4.81. The molecule has 1 aromatic carbocycles. The molecule has 1 unspecified atom stereocenters. The van der Waals surface area contributed by atoms with Gasteiger partial charge < -0.3 is 20.3 Å². The maximum absolute atomic E-state index is 12.8. The molecule has 0 radical (unpaired) electrons. The number of amides is 2. The summed E-state index contributed by atoms with van der Waals surface area (Å²) < 4.78 is 6.65. The minimum absolute atomic E-state index is 0.0928. The maximum atomic E-state index is 12.8. The summed E-state index contributed by atoms with van der Waals surface area (Å²) in [5.74, 6) is -0.588. The summed E-state index contributed by atoms with van der Waals surface area (Å²) in [4.78, 5) is 30.7. The molecular weight excluding hydrogens is 444 g/mol. The molecule has 4 heterocycles. The molecule has 1 aromatic heterocycles. The van der Waals surface area contributed by atoms with Crippen molar-refractivity contribution in [3.8, 4) is 0 Å². The normalized spacial score (nSPS) is 23.5. The van der Waals surface area contributed by atoms with Crippen molar-refractivity contribution in [2.75, 3.05) is 57.4 Å². The van der Waals surface area contributed by atoms with E-state index >= 15 is 0 Å². The third kappa shape index (κ3) is 4.58. The zero-order chi connectivity index (χ0) is 23.0. The molecule has 10 heteroatoms. The van der Waals surface area contributed by atoms with E-state index in [0.29, 0.717) is 13.1 Å². The number of hydrogen-bond acceptors (Lipinski definition) is 6. The summed E-state index contributed by atoms with van der Waals surface area (Å²) in [7, 11) is 0. The van der Waals surface area contributed by atoms with E-state index < -0.39 is 5.91 Å². The number of likely N-dealkylation sites (tertiary alicyclic amines) is 2. The van der Waals surface area contributed by atoms with Gasteiger partial charge in [-0.3, -0.25) is 9.69 Å². The van der Waals surface area contributed by atoms with Gasteiger partial charge in [0.25, 0.3) is 5.91 Å². The molecule has 2 N–H and O–H groups in total. The Labute approximate surface area is 198 Å². The molecule has 0 saturated carbocycles. The highest BCUT2D eigenvalue weighted by Crippen LogP contribution is 2.40. The number of morpholine rings is 1. The summed E-state index contributed by atoms with van der Waals surface area (Å²) in [6.45, 7) is 7.39. The van der Waals surface area contributed by atoms with Crippen molar-refractivity contribution in [2.24, 2.45) is 11.1 Å². The molecule has 1 atom stereocenters. The summed E-state index contributed by atoms with van der Waals surface area (Å²) in [6, 6.07) is 6.14. The average molecular weight is 473 g/mol. The van der Waals surface area contributed by atoms with Crippen LogP contribution in [0.4, 0.5) is 10.5 Å². The lowest BCUT2D eigenvalue weighted by Crippen LogP contribution is -2.36. The summed E-state index contributed by atoms with van der Waals surface area (Å²) >= 11 is 6.65. The van der Waals surface area contributed by atoms with Gasteiger partial charge in [0.05, 0.1) is 25.0 Å². The van der Waals surface area contributed by atoms with E-state index in [1.165, 1.54) is 17.1 Å². The van der Waals surface area contributed by atoms with E-state index in [-0.39, 0.29) is 17.0 Å². The number of nitrogens with zero attached hydrogens (tertiary/aromatic N) is 5. The van der Waals surface area contributed by atoms with Gasteiger partial charge in [0.15, 0.2) is 0 Å². The van der Waals surface area contributed by atoms with Crippen LogP contribution in [0.15, 0.2) is 30.6 Å². The molecule has 0 aliphatic carbocycles. The second-order valence-electron chi connectivity index (χ2n) is 9.33. The number of anilines is 1. The van der Waals surface area contributed by atoms with Crippen LogP contribution in [-0.4, -0.2) is 84.0 Å². The van der Waals surface area contributed by atoms with Crippen LogP contribution < -0.4 is 10.6 Å². The molecule has 1 spiro atoms. The molecule has 2 amide bonds. The van der Waals surface area contributed by atoms with Crippen LogP contribution in [-0.2, 0) is 11.3 Å². The van der Waals surface area contributed by atoms with Crippen molar-refractivity contribution < 1.29 is 14.3 Å². The van der Waals surface area contributed by atoms with Crippen molar-refractivity contribution >= 4 is 29.2 Å². The number of carbonyl (C=O) groups excluding carboxylic acids is 2. The van der Waals surface area contributed by atoms with E-state index in [4.69, 9.17) is 22.1 Å². The van der Waals surface area contributed by atoms with Gasteiger partial charge in [-0.05, 0) is 37.1 Å². The Morgan fingerprint density at radius 2 is 1.91 bits per heavy atom. The van der Waals surface area contributed by atoms with Crippen LogP contribution in [0.2, 0.25) is 5.02 Å². The summed E-state index contributed by atoms with van der Waals surface area (Å²) in [5.41, 5.74) is 7.88. The first-order valence-electron chi connectivity index (χ1n) is 11.4. The Hall–Kier alpha value is -2.62. The molecule has 176 valence electrons. The van der Waals surface area contributed by atoms with E-state index in [2.05, 4.69) is 33.1 Å². The average Bonchev–Trinajstić information content (AvgIpc) is 3.56. The van der Waals surface area contributed by atoms with Crippen molar-refractivity contribution in [3.05, 3.63) is 46.7 Å². The quantitative estimate of drug-likeness (QED) is 0.731. The first-order valence-corrected chi connectivity index (χ1v) is 11.8. The lowest BCUT2D eigenvalue weighted by molar-refractivity contribution is 0.1000. The van der Waals surface area contributed by atoms with Gasteiger partial charge in [-0.25, -0.2) is 4.79 Å². The monoisotopic (exact) mass is 472 g/mol. The molecule has 5 rings (SSSR count). The number of rotatable bonds is 4. The lowest BCUT2D eigenvalue weighted by Gasteiger charge is -2.29. The van der Waals surface area contributed by atoms with Gasteiger partial charge in [0.2, 0.25) is 0 Å². The highest BCUT2D eigenvalue weighted by molar-refractivity contribution is 6.31. The number of halogens is 1. The Morgan fingerprint density at radius 3 is 2.64 bits per heavy atom. The number of aromatic nitrogens is 2. The molecule has 3 saturated heterocycles. The molecular formula is C23H29ClN6O3. The predicted molar refractivity (Wildman–Crippen MR) is 125 cm³/mol. The highest BCUT2D eigenvalue weighted by Gasteiger charge is 2.45. The number of primary amides is 1. The SMILES string of the molecule is NC(=O)c1cnn(C(=O)N2CCC3(CCN(Cc4ccc(N5CCOCC5)cc4Cl)C3)C2)c1. The van der Waals surface area contributed by atoms with Gasteiger partial charge >= 0.3 is 6.03 Å². The Balaban J connectivity index is 1.19. The molecule has 0 bridgehead atoms. The van der Waals surface area contributed by atoms with Crippen LogP contribution in [0.3, 0.4) is 0 Å². The Bertz CT molecular complexity index is 1050. The largest absolute Gasteiger partial charge is 0.378 e. The highest BCUT2D eigenvalue weighted by atomic mass is 35.5. The van der Waals surface area contributed by atoms with Gasteiger partial charge in [-0.15, -0.1) is 0 Å². The van der Waals surface area contributed by atoms with E-state index in [1.54, 1.807) is 0 Å². The van der Waals surface area contributed by atoms with Crippen LogP contribution in [0, 0.1) is 5.41 Å². The topological polar surface area (TPSA) is 96.9 Å². The third-order valence-corrected chi connectivity index (χ3v) is 7.45. The molecule has 2 aromatic rings. The Morgan fingerprint density at radius 1 is 1.12 bits per heavy atom. The second-order valence-corrected chi connectivity index (χ2v) is 9.73. The molecule has 33 heavy (non-hydrogen) atoms. The van der Waals surface area contributed by atoms with Crippen molar-refractivity contribution in [3.63, 3.8) is 0 Å². The molecule has 3 aliphatic heterocycles. The van der Waals surface area contributed by atoms with Crippen molar-refractivity contribution in [2.45, 2.75) is 19.4 Å². The fourth-order valence-corrected chi connectivity index (χ4v) is 5.45. The van der Waals surface area contributed by atoms with E-state index in [1.807, 2.05) is 4.90 Å². The predicted octanol–water partition coefficient (Wildman–Crippen LogP) is 2.04. The first-order chi connectivity index (χ1) is 15.9. The fraction of sp³-hybridized carbons (Fsp3) is 0.522. The molecule has 9 nitrogen and oxygen atoms in total. The zero-order valence-corrected chi connectivity index (χ0v) is 19.3. The van der Waals surface area contributed by atoms with E-state index in [9.17, 15) is 9.59 Å². The smallest absolute Gasteiger partial charge is 0.344 e. The van der Waals surface area contributed by atoms with Gasteiger partial charge in [0.1, 0.15) is 0 Å². The number of benzene rings is 1. The lowest BCUT2D eigenvalue weighted by atomic mass is 9.86. The summed E-state index contributed by atoms with van der Waals surface area (Å²) in [6.07, 6.45) is 4.74. The van der Waals surface area contributed by atoms with Gasteiger partial charge in [-0.1, -0.05) is 17.7 Å². The van der Waals surface area contributed by atoms with Crippen LogP contribution in [0.1, 0.15) is 28.8 Å². The standard InChI is InChI=1S/C23H29ClN6O3/c24-20-11-19(28-7-9-33-10-8-28)2-1-17(20)13-27-5-3-23(15-27)4-6-29(16-23)22(32)30-14-18(12-26-30)21(25)31/h1-2,11-12,14H,3-10,13,15-16H2,(H2,25,31). The van der Waals surface area contributed by atoms with Gasteiger partial charge in [-0.2, -0.15) is 9.78 Å². The van der Waals surface area contributed by atoms with Gasteiger partial charge in [0, 0.05) is 61.6 Å². The maximum Gasteiger partial charge on any atom is 0.344 e. The third-order valence-electron chi connectivity index (χ3n) is 7.10. The van der Waals surface area contributed by atoms with Crippen LogP contribution in [0.25, 0.3) is 0 Å². The zero-order valence-electron chi connectivity index (χ0n) is 18.6. The molecule has 3 fully saturated rings. The second kappa shape index (κ2) is 8.96. The number of ether oxygens (including phenoxy) is 1. The van der Waals surface area contributed by atoms with Crippen molar-refractivity contribution in [1.29, 1.82) is 0 Å². The first kappa shape index (κ1) is 22.2. The van der Waals surface area contributed by atoms with E-state index in [0.717, 1.165) is 75.1 Å². The minimum Gasteiger partial charge on any atom is -0.378 e. The number of carbonyl (C=O) groups is 2. The number of hydrogen-bond donors (Lipinski definition) is 1. The van der Waals surface area contributed by atoms with Crippen LogP contribution >= 0.6 is 11.6 Å². The number of nitrogens with two attached hydrogens (primary N) is 1. The molecule has 3 aliphatic rings. The fourth-order valence-electron chi connectivity index (χ4n) is 5.22.